The van der Waals surface area contributed by atoms with Gasteiger partial charge in [0.25, 0.3) is 5.56 Å². The zero-order chi connectivity index (χ0) is 18.5. The smallest absolute Gasteiger partial charge is 0.263 e. The number of anilines is 1. The van der Waals surface area contributed by atoms with E-state index in [1.807, 2.05) is 33.9 Å². The molecule has 8 heteroatoms. The normalized spacial score (nSPS) is 14.7. The molecule has 136 valence electrons. The van der Waals surface area contributed by atoms with Gasteiger partial charge in [0.1, 0.15) is 11.2 Å². The first-order valence-corrected chi connectivity index (χ1v) is 8.94. The van der Waals surface area contributed by atoms with Gasteiger partial charge in [0.05, 0.1) is 24.0 Å². The van der Waals surface area contributed by atoms with Gasteiger partial charge in [-0.2, -0.15) is 10.1 Å². The summed E-state index contributed by atoms with van der Waals surface area (Å²) >= 11 is 0. The van der Waals surface area contributed by atoms with E-state index in [2.05, 4.69) is 25.0 Å². The fraction of sp³-hybridized carbons (Fsp3) is 0.500. The molecule has 0 aliphatic carbocycles. The summed E-state index contributed by atoms with van der Waals surface area (Å²) in [6.07, 6.45) is 5.15. The maximum Gasteiger partial charge on any atom is 0.263 e. The second-order valence-electron chi connectivity index (χ2n) is 7.64. The Bertz CT molecular complexity index is 1030. The average molecular weight is 353 g/mol. The minimum Gasteiger partial charge on any atom is -0.336 e. The first-order chi connectivity index (χ1) is 12.4. The molecule has 8 nitrogen and oxygen atoms in total. The molecule has 0 saturated carbocycles. The maximum atomic E-state index is 12.5. The summed E-state index contributed by atoms with van der Waals surface area (Å²) in [6.45, 7) is 9.55. The van der Waals surface area contributed by atoms with Gasteiger partial charge >= 0.3 is 0 Å². The van der Waals surface area contributed by atoms with Crippen LogP contribution in [0.25, 0.3) is 11.0 Å². The lowest BCUT2D eigenvalue weighted by Crippen LogP contribution is -2.34. The molecule has 0 fully saturated rings. The van der Waals surface area contributed by atoms with Crippen LogP contribution in [0.5, 0.6) is 0 Å². The zero-order valence-corrected chi connectivity index (χ0v) is 15.6. The Labute approximate surface area is 151 Å². The molecule has 0 saturated heterocycles. The van der Waals surface area contributed by atoms with Crippen LogP contribution in [0, 0.1) is 0 Å². The predicted octanol–water partition coefficient (Wildman–Crippen LogP) is 1.79. The molecular weight excluding hydrogens is 330 g/mol. The molecule has 1 N–H and O–H groups in total. The number of hydrogen-bond acceptors (Lipinski definition) is 6. The standard InChI is InChI=1S/C18H23N7O/c1-5-14-19-8-11-6-7-24(10-13(11)21-14)17-22-15-12(16(26)23-17)9-20-25(15)18(2,3)4/h8-9H,5-7,10H2,1-4H3,(H,22,23,26). The molecule has 3 aromatic heterocycles. The molecule has 0 spiro atoms. The number of aromatic amines is 1. The summed E-state index contributed by atoms with van der Waals surface area (Å²) in [7, 11) is 0. The van der Waals surface area contributed by atoms with Crippen molar-refractivity contribution in [3.8, 4) is 0 Å². The molecule has 4 rings (SSSR count). The average Bonchev–Trinajstić information content (AvgIpc) is 3.05. The number of H-pyrrole nitrogens is 1. The van der Waals surface area contributed by atoms with Gasteiger partial charge in [-0.05, 0) is 32.8 Å². The van der Waals surface area contributed by atoms with Crippen molar-refractivity contribution in [1.82, 2.24) is 29.7 Å². The highest BCUT2D eigenvalue weighted by atomic mass is 16.1. The van der Waals surface area contributed by atoms with Crippen LogP contribution in [0.3, 0.4) is 0 Å². The largest absolute Gasteiger partial charge is 0.336 e. The molecular formula is C18H23N7O. The second kappa shape index (κ2) is 5.89. The third-order valence-corrected chi connectivity index (χ3v) is 4.67. The minimum absolute atomic E-state index is 0.164. The van der Waals surface area contributed by atoms with Crippen LogP contribution in [-0.2, 0) is 24.9 Å². The first kappa shape index (κ1) is 16.7. The van der Waals surface area contributed by atoms with Crippen molar-refractivity contribution in [1.29, 1.82) is 0 Å². The number of nitrogens with one attached hydrogen (secondary N) is 1. The van der Waals surface area contributed by atoms with Crippen molar-refractivity contribution < 1.29 is 0 Å². The Kier molecular flexibility index (Phi) is 3.78. The SMILES string of the molecule is CCc1ncc2c(n1)CN(c1nc3c(cnn3C(C)(C)C)c(=O)[nH]1)CC2. The van der Waals surface area contributed by atoms with Crippen LogP contribution in [0.2, 0.25) is 0 Å². The van der Waals surface area contributed by atoms with E-state index in [-0.39, 0.29) is 11.1 Å². The van der Waals surface area contributed by atoms with Crippen molar-refractivity contribution in [3.63, 3.8) is 0 Å². The summed E-state index contributed by atoms with van der Waals surface area (Å²) in [5.74, 6) is 1.41. The number of fused-ring (bicyclic) bond motifs is 2. The Balaban J connectivity index is 1.76. The van der Waals surface area contributed by atoms with Crippen molar-refractivity contribution in [3.05, 3.63) is 39.8 Å². The van der Waals surface area contributed by atoms with Gasteiger partial charge in [0.2, 0.25) is 5.95 Å². The third kappa shape index (κ3) is 2.75. The van der Waals surface area contributed by atoms with Gasteiger partial charge in [-0.3, -0.25) is 9.78 Å². The van der Waals surface area contributed by atoms with E-state index in [1.165, 1.54) is 5.56 Å². The van der Waals surface area contributed by atoms with Gasteiger partial charge < -0.3 is 4.90 Å². The second-order valence-corrected chi connectivity index (χ2v) is 7.64. The van der Waals surface area contributed by atoms with Crippen LogP contribution < -0.4 is 10.5 Å². The maximum absolute atomic E-state index is 12.5. The molecule has 4 heterocycles. The minimum atomic E-state index is -0.252. The van der Waals surface area contributed by atoms with Gasteiger partial charge in [-0.15, -0.1) is 0 Å². The quantitative estimate of drug-likeness (QED) is 0.755. The molecule has 0 radical (unpaired) electrons. The number of aryl methyl sites for hydroxylation is 1. The van der Waals surface area contributed by atoms with Gasteiger partial charge in [0, 0.05) is 19.2 Å². The van der Waals surface area contributed by atoms with Crippen LogP contribution >= 0.6 is 0 Å². The van der Waals surface area contributed by atoms with Gasteiger partial charge in [0.15, 0.2) is 5.65 Å². The van der Waals surface area contributed by atoms with Gasteiger partial charge in [-0.25, -0.2) is 14.6 Å². The topological polar surface area (TPSA) is 92.6 Å². The first-order valence-electron chi connectivity index (χ1n) is 8.94. The summed E-state index contributed by atoms with van der Waals surface area (Å²) < 4.78 is 1.80. The van der Waals surface area contributed by atoms with Crippen molar-refractivity contribution in [2.24, 2.45) is 0 Å². The van der Waals surface area contributed by atoms with E-state index in [1.54, 1.807) is 10.9 Å². The molecule has 1 aliphatic rings. The Morgan fingerprint density at radius 1 is 1.23 bits per heavy atom. The van der Waals surface area contributed by atoms with E-state index < -0.39 is 0 Å². The lowest BCUT2D eigenvalue weighted by Gasteiger charge is -2.28. The monoisotopic (exact) mass is 353 g/mol. The molecule has 0 aromatic carbocycles. The number of hydrogen-bond donors (Lipinski definition) is 1. The summed E-state index contributed by atoms with van der Waals surface area (Å²) in [6, 6.07) is 0. The van der Waals surface area contributed by atoms with E-state index in [9.17, 15) is 4.79 Å². The fourth-order valence-electron chi connectivity index (χ4n) is 3.24. The molecule has 0 unspecified atom stereocenters. The molecule has 0 atom stereocenters. The fourth-order valence-corrected chi connectivity index (χ4v) is 3.24. The van der Waals surface area contributed by atoms with E-state index in [4.69, 9.17) is 4.98 Å². The summed E-state index contributed by atoms with van der Waals surface area (Å²) in [5.41, 5.74) is 2.37. The van der Waals surface area contributed by atoms with E-state index in [0.29, 0.717) is 23.5 Å². The van der Waals surface area contributed by atoms with Crippen LogP contribution in [0.15, 0.2) is 17.2 Å². The molecule has 3 aromatic rings. The van der Waals surface area contributed by atoms with E-state index in [0.717, 1.165) is 30.9 Å². The summed E-state index contributed by atoms with van der Waals surface area (Å²) in [5, 5.41) is 4.88. The van der Waals surface area contributed by atoms with Crippen LogP contribution in [0.4, 0.5) is 5.95 Å². The van der Waals surface area contributed by atoms with Crippen molar-refractivity contribution >= 4 is 17.0 Å². The van der Waals surface area contributed by atoms with Crippen LogP contribution in [-0.4, -0.2) is 36.3 Å². The predicted molar refractivity (Wildman–Crippen MR) is 99.3 cm³/mol. The zero-order valence-electron chi connectivity index (χ0n) is 15.6. The highest BCUT2D eigenvalue weighted by Gasteiger charge is 2.24. The Hall–Kier alpha value is -2.77. The lowest BCUT2D eigenvalue weighted by atomic mass is 10.1. The number of aromatic nitrogens is 6. The van der Waals surface area contributed by atoms with Crippen LogP contribution in [0.1, 0.15) is 44.8 Å². The van der Waals surface area contributed by atoms with E-state index >= 15 is 0 Å². The molecule has 1 aliphatic heterocycles. The Morgan fingerprint density at radius 3 is 2.77 bits per heavy atom. The lowest BCUT2D eigenvalue weighted by molar-refractivity contribution is 0.366. The summed E-state index contributed by atoms with van der Waals surface area (Å²) in [4.78, 5) is 31.3. The Morgan fingerprint density at radius 2 is 2.04 bits per heavy atom. The van der Waals surface area contributed by atoms with Gasteiger partial charge in [-0.1, -0.05) is 6.92 Å². The molecule has 26 heavy (non-hydrogen) atoms. The third-order valence-electron chi connectivity index (χ3n) is 4.67. The number of nitrogens with zero attached hydrogens (tertiary/aromatic N) is 6. The molecule has 0 amide bonds. The number of rotatable bonds is 2. The highest BCUT2D eigenvalue weighted by Crippen LogP contribution is 2.23. The van der Waals surface area contributed by atoms with Crippen molar-refractivity contribution in [2.75, 3.05) is 11.4 Å². The van der Waals surface area contributed by atoms with Crippen molar-refractivity contribution in [2.45, 2.75) is 52.6 Å². The highest BCUT2D eigenvalue weighted by molar-refractivity contribution is 5.74. The molecule has 0 bridgehead atoms.